The Morgan fingerprint density at radius 1 is 1.03 bits per heavy atom. The molecule has 0 radical (unpaired) electrons. The lowest BCUT2D eigenvalue weighted by Gasteiger charge is -2.14. The number of aryl methyl sites for hydroxylation is 3. The van der Waals surface area contributed by atoms with Crippen LogP contribution >= 0.6 is 0 Å². The van der Waals surface area contributed by atoms with Crippen LogP contribution in [0.3, 0.4) is 0 Å². The van der Waals surface area contributed by atoms with Gasteiger partial charge in [-0.1, -0.05) is 74.2 Å². The van der Waals surface area contributed by atoms with Crippen molar-refractivity contribution in [3.63, 3.8) is 0 Å². The highest BCUT2D eigenvalue weighted by atomic mass is 19.3. The number of nitrogens with two attached hydrogens (primary N) is 2. The monoisotopic (exact) mass is 520 g/mol. The van der Waals surface area contributed by atoms with E-state index in [1.807, 2.05) is 51.1 Å². The average Bonchev–Trinajstić information content (AvgIpc) is 2.88. The van der Waals surface area contributed by atoms with Gasteiger partial charge >= 0.3 is 0 Å². The van der Waals surface area contributed by atoms with Crippen LogP contribution in [0.4, 0.5) is 20.2 Å². The zero-order chi connectivity index (χ0) is 29.3. The van der Waals surface area contributed by atoms with Crippen molar-refractivity contribution in [1.29, 1.82) is 0 Å². The number of nitrogens with zero attached hydrogens (tertiary/aromatic N) is 1. The molecule has 3 aromatic rings. The van der Waals surface area contributed by atoms with Crippen molar-refractivity contribution in [1.82, 2.24) is 0 Å². The van der Waals surface area contributed by atoms with Crippen LogP contribution in [0.2, 0.25) is 0 Å². The first-order chi connectivity index (χ1) is 17.9. The lowest BCUT2D eigenvalue weighted by Crippen LogP contribution is -2.09. The molecule has 0 aliphatic rings. The van der Waals surface area contributed by atoms with Gasteiger partial charge in [-0.05, 0) is 68.3 Å². The molecule has 0 atom stereocenters. The Balaban J connectivity index is 0.000000681. The summed E-state index contributed by atoms with van der Waals surface area (Å²) in [6, 6.07) is 20.8. The van der Waals surface area contributed by atoms with Crippen LogP contribution in [0.15, 0.2) is 104 Å². The number of rotatable bonds is 5. The van der Waals surface area contributed by atoms with Crippen LogP contribution in [0.1, 0.15) is 48.6 Å². The molecule has 0 heterocycles. The molecule has 0 fully saturated rings. The summed E-state index contributed by atoms with van der Waals surface area (Å²) in [7, 11) is 0. The molecule has 204 valence electrons. The zero-order valence-electron chi connectivity index (χ0n) is 23.3. The molecular weight excluding hydrogens is 478 g/mol. The average molecular weight is 521 g/mol. The number of amidine groups is 1. The van der Waals surface area contributed by atoms with Gasteiger partial charge in [0.05, 0.1) is 5.69 Å². The van der Waals surface area contributed by atoms with Crippen LogP contribution in [-0.4, -0.2) is 5.84 Å². The lowest BCUT2D eigenvalue weighted by atomic mass is 10.0. The van der Waals surface area contributed by atoms with Crippen molar-refractivity contribution in [3.8, 4) is 0 Å². The summed E-state index contributed by atoms with van der Waals surface area (Å²) in [5, 5.41) is 3.29. The molecule has 6 heteroatoms. The lowest BCUT2D eigenvalue weighted by molar-refractivity contribution is 0.0166. The molecule has 0 amide bonds. The molecule has 0 saturated heterocycles. The normalized spacial score (nSPS) is 10.3. The third-order valence-electron chi connectivity index (χ3n) is 5.12. The third kappa shape index (κ3) is 12.2. The topological polar surface area (TPSA) is 76.4 Å². The van der Waals surface area contributed by atoms with E-state index in [1.54, 1.807) is 18.2 Å². The van der Waals surface area contributed by atoms with Gasteiger partial charge in [0.25, 0.3) is 5.92 Å². The Hall–Kier alpha value is -4.19. The van der Waals surface area contributed by atoms with Crippen LogP contribution in [0.5, 0.6) is 0 Å². The summed E-state index contributed by atoms with van der Waals surface area (Å²) in [5.74, 6) is -1.88. The predicted octanol–water partition coefficient (Wildman–Crippen LogP) is 8.65. The summed E-state index contributed by atoms with van der Waals surface area (Å²) < 4.78 is 25.8. The molecule has 0 spiro atoms. The Morgan fingerprint density at radius 2 is 1.58 bits per heavy atom. The molecule has 0 bridgehead atoms. The first kappa shape index (κ1) is 33.8. The first-order valence-corrected chi connectivity index (χ1v) is 12.2. The van der Waals surface area contributed by atoms with E-state index in [1.165, 1.54) is 17.8 Å². The molecule has 0 aliphatic carbocycles. The number of halogens is 2. The largest absolute Gasteiger partial charge is 0.405 e. The third-order valence-corrected chi connectivity index (χ3v) is 5.12. The van der Waals surface area contributed by atoms with Crippen molar-refractivity contribution >= 4 is 22.9 Å². The van der Waals surface area contributed by atoms with E-state index in [4.69, 9.17) is 5.73 Å². The van der Waals surface area contributed by atoms with Gasteiger partial charge in [0.1, 0.15) is 5.84 Å². The van der Waals surface area contributed by atoms with Crippen molar-refractivity contribution in [2.45, 2.75) is 47.0 Å². The molecule has 0 saturated carbocycles. The predicted molar refractivity (Wildman–Crippen MR) is 163 cm³/mol. The van der Waals surface area contributed by atoms with E-state index in [2.05, 4.69) is 61.4 Å². The fourth-order valence-corrected chi connectivity index (χ4v) is 3.24. The van der Waals surface area contributed by atoms with Gasteiger partial charge < -0.3 is 16.8 Å². The molecule has 0 unspecified atom stereocenters. The molecule has 3 rings (SSSR count). The van der Waals surface area contributed by atoms with Gasteiger partial charge in [0.15, 0.2) is 0 Å². The molecule has 5 N–H and O–H groups in total. The first-order valence-electron chi connectivity index (χ1n) is 12.2. The minimum Gasteiger partial charge on any atom is -0.405 e. The maximum Gasteiger partial charge on any atom is 0.270 e. The minimum atomic E-state index is -2.72. The summed E-state index contributed by atoms with van der Waals surface area (Å²) in [6.45, 7) is 21.8. The smallest absolute Gasteiger partial charge is 0.270 e. The Kier molecular flexibility index (Phi) is 15.4. The molecule has 0 aliphatic heterocycles. The van der Waals surface area contributed by atoms with Crippen molar-refractivity contribution in [3.05, 3.63) is 127 Å². The second-order valence-electron chi connectivity index (χ2n) is 8.35. The van der Waals surface area contributed by atoms with E-state index in [0.717, 1.165) is 40.8 Å². The van der Waals surface area contributed by atoms with Gasteiger partial charge in [-0.15, -0.1) is 13.2 Å². The van der Waals surface area contributed by atoms with Gasteiger partial charge in [0.2, 0.25) is 0 Å². The highest BCUT2D eigenvalue weighted by Crippen LogP contribution is 2.29. The Bertz CT molecular complexity index is 1180. The van der Waals surface area contributed by atoms with E-state index in [9.17, 15) is 8.78 Å². The number of aliphatic imine (C=N–C) groups is 1. The van der Waals surface area contributed by atoms with Gasteiger partial charge in [-0.2, -0.15) is 0 Å². The maximum absolute atomic E-state index is 12.9. The Morgan fingerprint density at radius 3 is 2.05 bits per heavy atom. The summed E-state index contributed by atoms with van der Waals surface area (Å²) in [6.07, 6.45) is 1.90. The fraction of sp³-hybridized carbons (Fsp3) is 0.219. The fourth-order valence-electron chi connectivity index (χ4n) is 3.24. The number of alkyl halides is 2. The highest BCUT2D eigenvalue weighted by Gasteiger charge is 2.26. The minimum absolute atomic E-state index is 0.146. The van der Waals surface area contributed by atoms with Crippen molar-refractivity contribution in [2.75, 3.05) is 5.32 Å². The van der Waals surface area contributed by atoms with Crippen LogP contribution in [0, 0.1) is 13.8 Å². The maximum atomic E-state index is 12.9. The van der Waals surface area contributed by atoms with E-state index >= 15 is 0 Å². The van der Waals surface area contributed by atoms with E-state index in [-0.39, 0.29) is 5.56 Å². The van der Waals surface area contributed by atoms with Gasteiger partial charge in [-0.3, -0.25) is 0 Å². The van der Waals surface area contributed by atoms with Crippen LogP contribution in [-0.2, 0) is 12.3 Å². The van der Waals surface area contributed by atoms with Gasteiger partial charge in [-0.25, -0.2) is 13.8 Å². The number of hydrogen-bond donors (Lipinski definition) is 3. The van der Waals surface area contributed by atoms with E-state index < -0.39 is 5.92 Å². The number of hydrogen-bond acceptors (Lipinski definition) is 3. The van der Waals surface area contributed by atoms with Gasteiger partial charge in [0, 0.05) is 23.9 Å². The highest BCUT2D eigenvalue weighted by molar-refractivity contribution is 5.95. The van der Waals surface area contributed by atoms with Crippen LogP contribution < -0.4 is 16.8 Å². The number of nitrogens with one attached hydrogen (secondary N) is 1. The molecular formula is C32H42F2N4. The van der Waals surface area contributed by atoms with Crippen molar-refractivity contribution < 1.29 is 8.78 Å². The van der Waals surface area contributed by atoms with Crippen LogP contribution in [0.25, 0.3) is 5.70 Å². The molecule has 3 aromatic carbocycles. The van der Waals surface area contributed by atoms with E-state index in [0.29, 0.717) is 12.1 Å². The zero-order valence-corrected chi connectivity index (χ0v) is 23.3. The summed E-state index contributed by atoms with van der Waals surface area (Å²) in [5.41, 5.74) is 16.9. The quantitative estimate of drug-likeness (QED) is 0.179. The summed E-state index contributed by atoms with van der Waals surface area (Å²) in [4.78, 5) is 4.63. The second kappa shape index (κ2) is 17.3. The SMILES string of the molecule is C=C.C=C(N)c1ccc(C)c(N=C(C)Nc2ccc(C)cc2)c1.C=CN.CCc1ccccc1C(C)(F)F. The molecule has 4 nitrogen and oxygen atoms in total. The number of benzene rings is 3. The molecule has 0 aromatic heterocycles. The summed E-state index contributed by atoms with van der Waals surface area (Å²) >= 11 is 0. The van der Waals surface area contributed by atoms with Crippen molar-refractivity contribution in [2.24, 2.45) is 16.5 Å². The molecule has 38 heavy (non-hydrogen) atoms. The Labute approximate surface area is 227 Å². The standard InChI is InChI=1S/C18H21N3.C10H12F2.C2H5N.C2H4/c1-12-5-9-17(10-6-12)20-15(4)21-18-11-16(14(3)19)8-7-13(18)2;1-3-8-6-4-5-7-9(8)10(2,11)12;1-2-3;1-2/h5-11H,3,19H2,1-2,4H3,(H,20,21);4-7H,3H2,1-2H3;2H,1,3H2;1-2H2. The second-order valence-corrected chi connectivity index (χ2v) is 8.35. The number of anilines is 1.